The van der Waals surface area contributed by atoms with Gasteiger partial charge in [-0.2, -0.15) is 5.26 Å². The highest BCUT2D eigenvalue weighted by Gasteiger charge is 2.30. The van der Waals surface area contributed by atoms with Crippen molar-refractivity contribution in [1.82, 2.24) is 5.32 Å². The molecule has 7 nitrogen and oxygen atoms in total. The van der Waals surface area contributed by atoms with Gasteiger partial charge in [0.25, 0.3) is 0 Å². The van der Waals surface area contributed by atoms with Gasteiger partial charge in [-0.1, -0.05) is 48.2 Å². The van der Waals surface area contributed by atoms with Crippen LogP contribution in [-0.2, 0) is 20.9 Å². The average molecular weight is 467 g/mol. The Balaban J connectivity index is 1.85. The number of methoxy groups -OCH3 is 1. The number of ether oxygens (including phenoxy) is 3. The van der Waals surface area contributed by atoms with Crippen LogP contribution in [0.1, 0.15) is 37.3 Å². The fraction of sp³-hybridized carbons (Fsp3) is 0.320. The Hall–Kier alpha value is -3.44. The van der Waals surface area contributed by atoms with Crippen molar-refractivity contribution in [2.75, 3.05) is 12.9 Å². The van der Waals surface area contributed by atoms with Gasteiger partial charge in [-0.05, 0) is 37.1 Å². The predicted octanol–water partition coefficient (Wildman–Crippen LogP) is 4.30. The molecule has 8 heteroatoms. The smallest absolute Gasteiger partial charge is 0.316 e. The number of amides is 1. The molecule has 0 fully saturated rings. The van der Waals surface area contributed by atoms with Gasteiger partial charge < -0.3 is 19.5 Å². The summed E-state index contributed by atoms with van der Waals surface area (Å²) in [6, 6.07) is 17.3. The van der Waals surface area contributed by atoms with E-state index in [0.29, 0.717) is 28.7 Å². The van der Waals surface area contributed by atoms with Crippen molar-refractivity contribution in [3.63, 3.8) is 0 Å². The van der Waals surface area contributed by atoms with Crippen molar-refractivity contribution in [3.05, 3.63) is 70.3 Å². The number of thioether (sulfide) groups is 1. The Bertz CT molecular complexity index is 1080. The number of hydrogen-bond donors (Lipinski definition) is 1. The summed E-state index contributed by atoms with van der Waals surface area (Å²) in [7, 11) is 1.56. The molecule has 0 bridgehead atoms. The number of nitrogens with zero attached hydrogens (tertiary/aromatic N) is 1. The van der Waals surface area contributed by atoms with Gasteiger partial charge in [-0.15, -0.1) is 0 Å². The van der Waals surface area contributed by atoms with Gasteiger partial charge in [-0.25, -0.2) is 0 Å². The van der Waals surface area contributed by atoms with E-state index in [1.807, 2.05) is 36.4 Å². The molecule has 33 heavy (non-hydrogen) atoms. The minimum Gasteiger partial charge on any atom is -0.493 e. The lowest BCUT2D eigenvalue weighted by Gasteiger charge is -2.25. The number of nitriles is 1. The summed E-state index contributed by atoms with van der Waals surface area (Å²) in [5.41, 5.74) is 2.16. The van der Waals surface area contributed by atoms with Gasteiger partial charge in [0, 0.05) is 12.3 Å². The van der Waals surface area contributed by atoms with Crippen LogP contribution in [0.3, 0.4) is 0 Å². The molecule has 0 radical (unpaired) electrons. The fourth-order valence-corrected chi connectivity index (χ4v) is 4.26. The lowest BCUT2D eigenvalue weighted by atomic mass is 9.87. The molecule has 172 valence electrons. The minimum absolute atomic E-state index is 0.000255. The summed E-state index contributed by atoms with van der Waals surface area (Å²) in [6.45, 7) is 3.88. The van der Waals surface area contributed by atoms with E-state index in [1.54, 1.807) is 33.1 Å². The number of benzene rings is 2. The quantitative estimate of drug-likeness (QED) is 0.550. The molecule has 1 N–H and O–H groups in total. The Kier molecular flexibility index (Phi) is 8.39. The van der Waals surface area contributed by atoms with Crippen molar-refractivity contribution >= 4 is 23.6 Å². The van der Waals surface area contributed by atoms with Crippen LogP contribution in [0.2, 0.25) is 0 Å². The maximum atomic E-state index is 12.4. The molecule has 0 saturated heterocycles. The molecular formula is C25H26N2O5S. The summed E-state index contributed by atoms with van der Waals surface area (Å²) in [5.74, 6) is -0.00382. The van der Waals surface area contributed by atoms with E-state index in [1.165, 1.54) is 0 Å². The summed E-state index contributed by atoms with van der Waals surface area (Å²) in [6.07, 6.45) is -0.113. The largest absolute Gasteiger partial charge is 0.493 e. The zero-order valence-electron chi connectivity index (χ0n) is 18.8. The van der Waals surface area contributed by atoms with Gasteiger partial charge in [0.05, 0.1) is 35.6 Å². The normalized spacial score (nSPS) is 15.6. The summed E-state index contributed by atoms with van der Waals surface area (Å²) in [4.78, 5) is 24.4. The van der Waals surface area contributed by atoms with E-state index in [4.69, 9.17) is 14.2 Å². The zero-order chi connectivity index (χ0) is 23.8. The second-order valence-corrected chi connectivity index (χ2v) is 8.66. The molecule has 3 rings (SSSR count). The Morgan fingerprint density at radius 3 is 2.64 bits per heavy atom. The van der Waals surface area contributed by atoms with Crippen molar-refractivity contribution in [3.8, 4) is 17.6 Å². The van der Waals surface area contributed by atoms with Crippen LogP contribution in [0.15, 0.2) is 59.1 Å². The summed E-state index contributed by atoms with van der Waals surface area (Å²) >= 11 is 1.10. The number of hydrogen-bond acceptors (Lipinski definition) is 7. The zero-order valence-corrected chi connectivity index (χ0v) is 19.6. The molecule has 1 amide bonds. The van der Waals surface area contributed by atoms with Crippen molar-refractivity contribution in [2.45, 2.75) is 38.9 Å². The van der Waals surface area contributed by atoms with Crippen LogP contribution < -0.4 is 14.8 Å². The number of carbonyl (C=O) groups is 2. The van der Waals surface area contributed by atoms with E-state index in [0.717, 1.165) is 22.9 Å². The first-order valence-electron chi connectivity index (χ1n) is 10.5. The topological polar surface area (TPSA) is 97.6 Å². The highest BCUT2D eigenvalue weighted by molar-refractivity contribution is 8.03. The van der Waals surface area contributed by atoms with Gasteiger partial charge in [-0.3, -0.25) is 9.59 Å². The molecule has 0 aliphatic carbocycles. The number of allylic oxidation sites excluding steroid dienone is 1. The molecule has 1 aliphatic heterocycles. The maximum absolute atomic E-state index is 12.4. The van der Waals surface area contributed by atoms with E-state index < -0.39 is 11.9 Å². The first-order valence-corrected chi connectivity index (χ1v) is 11.5. The first kappa shape index (κ1) is 24.2. The monoisotopic (exact) mass is 466 g/mol. The molecule has 0 saturated carbocycles. The molecule has 2 aromatic rings. The Labute approximate surface area is 197 Å². The Morgan fingerprint density at radius 1 is 1.21 bits per heavy atom. The third kappa shape index (κ3) is 6.53. The Morgan fingerprint density at radius 2 is 1.97 bits per heavy atom. The van der Waals surface area contributed by atoms with Gasteiger partial charge >= 0.3 is 5.97 Å². The number of carbonyl (C=O) groups excluding carboxylic acids is 2. The lowest BCUT2D eigenvalue weighted by molar-refractivity contribution is -0.144. The van der Waals surface area contributed by atoms with Crippen LogP contribution in [-0.4, -0.2) is 30.8 Å². The van der Waals surface area contributed by atoms with Crippen LogP contribution in [0.4, 0.5) is 0 Å². The third-order valence-corrected chi connectivity index (χ3v) is 5.88. The molecule has 1 atom stereocenters. The number of rotatable bonds is 9. The minimum atomic E-state index is -0.461. The second-order valence-electron chi connectivity index (χ2n) is 7.67. The molecule has 0 spiro atoms. The van der Waals surface area contributed by atoms with E-state index in [9.17, 15) is 14.9 Å². The SMILES string of the molecule is COc1ccc([C@@H]2CC(=O)NC(SCC(=O)OC(C)C)=C2C#N)cc1OCc1ccccc1. The van der Waals surface area contributed by atoms with Crippen molar-refractivity contribution < 1.29 is 23.8 Å². The van der Waals surface area contributed by atoms with E-state index in [-0.39, 0.29) is 24.2 Å². The average Bonchev–Trinajstić information content (AvgIpc) is 2.81. The number of nitrogens with one attached hydrogen (secondary N) is 1. The maximum Gasteiger partial charge on any atom is 0.316 e. The molecule has 0 unspecified atom stereocenters. The van der Waals surface area contributed by atoms with Crippen LogP contribution in [0.25, 0.3) is 0 Å². The third-order valence-electron chi connectivity index (χ3n) is 4.88. The standard InChI is InChI=1S/C25H26N2O5S/c1-16(2)32-24(29)15-33-25-20(13-26)19(12-23(28)27-25)18-9-10-21(30-3)22(11-18)31-14-17-7-5-4-6-8-17/h4-11,16,19H,12,14-15H2,1-3H3,(H,27,28)/t19-/m0/s1. The van der Waals surface area contributed by atoms with Gasteiger partial charge in [0.15, 0.2) is 11.5 Å². The molecular weight excluding hydrogens is 440 g/mol. The summed E-state index contributed by atoms with van der Waals surface area (Å²) in [5, 5.41) is 13.0. The van der Waals surface area contributed by atoms with Crippen molar-refractivity contribution in [2.24, 2.45) is 0 Å². The van der Waals surface area contributed by atoms with Crippen molar-refractivity contribution in [1.29, 1.82) is 5.26 Å². The molecule has 1 heterocycles. The molecule has 2 aromatic carbocycles. The fourth-order valence-electron chi connectivity index (χ4n) is 3.40. The van der Waals surface area contributed by atoms with Crippen LogP contribution in [0, 0.1) is 11.3 Å². The first-order chi connectivity index (χ1) is 15.9. The predicted molar refractivity (Wildman–Crippen MR) is 126 cm³/mol. The summed E-state index contributed by atoms with van der Waals surface area (Å²) < 4.78 is 16.6. The van der Waals surface area contributed by atoms with Gasteiger partial charge in [0.1, 0.15) is 6.61 Å². The number of esters is 1. The van der Waals surface area contributed by atoms with E-state index >= 15 is 0 Å². The van der Waals surface area contributed by atoms with E-state index in [2.05, 4.69) is 11.4 Å². The van der Waals surface area contributed by atoms with Gasteiger partial charge in [0.2, 0.25) is 5.91 Å². The van der Waals surface area contributed by atoms with Crippen LogP contribution in [0.5, 0.6) is 11.5 Å². The molecule has 1 aliphatic rings. The molecule has 0 aromatic heterocycles. The second kappa shape index (κ2) is 11.4. The van der Waals surface area contributed by atoms with Crippen LogP contribution >= 0.6 is 11.8 Å². The highest BCUT2D eigenvalue weighted by Crippen LogP contribution is 2.39. The lowest BCUT2D eigenvalue weighted by Crippen LogP contribution is -2.31. The highest BCUT2D eigenvalue weighted by atomic mass is 32.2.